The SMILES string of the molecule is O=C1CCC2CC(C(=O)OCc3ccccc3)N(Cc3ccccc3)[C@H]2C1. The van der Waals surface area contributed by atoms with E-state index in [0.29, 0.717) is 37.7 Å². The van der Waals surface area contributed by atoms with E-state index < -0.39 is 0 Å². The molecule has 4 heteroatoms. The van der Waals surface area contributed by atoms with Crippen molar-refractivity contribution in [1.82, 2.24) is 4.90 Å². The summed E-state index contributed by atoms with van der Waals surface area (Å²) in [6, 6.07) is 19.8. The van der Waals surface area contributed by atoms with E-state index in [1.807, 2.05) is 48.5 Å². The molecule has 1 aliphatic heterocycles. The summed E-state index contributed by atoms with van der Waals surface area (Å²) in [5, 5.41) is 0. The zero-order valence-electron chi connectivity index (χ0n) is 15.4. The first-order valence-corrected chi connectivity index (χ1v) is 9.72. The van der Waals surface area contributed by atoms with Gasteiger partial charge in [-0.25, -0.2) is 0 Å². The number of likely N-dealkylation sites (tertiary alicyclic amines) is 1. The van der Waals surface area contributed by atoms with Crippen molar-refractivity contribution in [2.45, 2.75) is 50.9 Å². The van der Waals surface area contributed by atoms with Gasteiger partial charge in [-0.3, -0.25) is 14.5 Å². The van der Waals surface area contributed by atoms with Gasteiger partial charge in [-0.05, 0) is 29.9 Å². The maximum atomic E-state index is 12.9. The number of benzene rings is 2. The molecule has 1 saturated heterocycles. The van der Waals surface area contributed by atoms with E-state index >= 15 is 0 Å². The molecule has 140 valence electrons. The molecule has 0 amide bonds. The molecule has 2 fully saturated rings. The summed E-state index contributed by atoms with van der Waals surface area (Å²) in [5.74, 6) is 0.546. The Bertz CT molecular complexity index is 790. The zero-order chi connectivity index (χ0) is 18.6. The molecule has 2 aliphatic rings. The van der Waals surface area contributed by atoms with E-state index in [1.54, 1.807) is 0 Å². The second-order valence-corrected chi connectivity index (χ2v) is 7.61. The summed E-state index contributed by atoms with van der Waals surface area (Å²) in [4.78, 5) is 27.2. The lowest BCUT2D eigenvalue weighted by Crippen LogP contribution is -2.43. The molecule has 2 unspecified atom stereocenters. The lowest BCUT2D eigenvalue weighted by molar-refractivity contribution is -0.151. The maximum absolute atomic E-state index is 12.9. The molecular weight excluding hydrogens is 338 g/mol. The van der Waals surface area contributed by atoms with Gasteiger partial charge < -0.3 is 4.74 Å². The van der Waals surface area contributed by atoms with Gasteiger partial charge in [0.2, 0.25) is 0 Å². The molecule has 0 spiro atoms. The van der Waals surface area contributed by atoms with Crippen LogP contribution in [-0.4, -0.2) is 28.7 Å². The molecule has 0 radical (unpaired) electrons. The quantitative estimate of drug-likeness (QED) is 0.759. The molecule has 2 aromatic carbocycles. The van der Waals surface area contributed by atoms with Crippen LogP contribution in [0, 0.1) is 5.92 Å². The summed E-state index contributed by atoms with van der Waals surface area (Å²) in [7, 11) is 0. The Morgan fingerprint density at radius 3 is 2.37 bits per heavy atom. The van der Waals surface area contributed by atoms with Gasteiger partial charge in [0.1, 0.15) is 18.4 Å². The normalized spacial score (nSPS) is 25.2. The number of ketones is 1. The van der Waals surface area contributed by atoms with E-state index in [4.69, 9.17) is 4.74 Å². The molecule has 4 rings (SSSR count). The molecule has 0 aromatic heterocycles. The van der Waals surface area contributed by atoms with Gasteiger partial charge in [0, 0.05) is 25.4 Å². The van der Waals surface area contributed by atoms with E-state index in [1.165, 1.54) is 0 Å². The van der Waals surface area contributed by atoms with Crippen LogP contribution in [0.5, 0.6) is 0 Å². The first-order chi connectivity index (χ1) is 13.2. The van der Waals surface area contributed by atoms with Crippen molar-refractivity contribution >= 4 is 11.8 Å². The van der Waals surface area contributed by atoms with Crippen LogP contribution in [0.3, 0.4) is 0 Å². The minimum absolute atomic E-state index is 0.153. The number of fused-ring (bicyclic) bond motifs is 1. The fourth-order valence-corrected chi connectivity index (χ4v) is 4.44. The van der Waals surface area contributed by atoms with Gasteiger partial charge in [0.05, 0.1) is 0 Å². The molecule has 2 aromatic rings. The number of hydrogen-bond donors (Lipinski definition) is 0. The Hall–Kier alpha value is -2.46. The molecule has 1 saturated carbocycles. The fourth-order valence-electron chi connectivity index (χ4n) is 4.44. The van der Waals surface area contributed by atoms with E-state index in [0.717, 1.165) is 24.0 Å². The van der Waals surface area contributed by atoms with Gasteiger partial charge in [-0.2, -0.15) is 0 Å². The van der Waals surface area contributed by atoms with Crippen molar-refractivity contribution < 1.29 is 14.3 Å². The summed E-state index contributed by atoms with van der Waals surface area (Å²) in [5.41, 5.74) is 2.16. The average molecular weight is 363 g/mol. The zero-order valence-corrected chi connectivity index (χ0v) is 15.4. The van der Waals surface area contributed by atoms with Crippen LogP contribution in [0.2, 0.25) is 0 Å². The lowest BCUT2D eigenvalue weighted by atomic mass is 9.84. The van der Waals surface area contributed by atoms with Crippen molar-refractivity contribution in [2.24, 2.45) is 5.92 Å². The molecule has 1 heterocycles. The predicted octanol–water partition coefficient (Wildman–Crippen LogP) is 3.74. The Balaban J connectivity index is 1.49. The average Bonchev–Trinajstić information content (AvgIpc) is 3.05. The molecule has 1 aliphatic carbocycles. The van der Waals surface area contributed by atoms with Crippen LogP contribution in [-0.2, 0) is 27.5 Å². The minimum atomic E-state index is -0.269. The van der Waals surface area contributed by atoms with Gasteiger partial charge >= 0.3 is 5.97 Å². The third-order valence-corrected chi connectivity index (χ3v) is 5.83. The Labute approximate surface area is 160 Å². The van der Waals surface area contributed by atoms with Gasteiger partial charge in [0.25, 0.3) is 0 Å². The fraction of sp³-hybridized carbons (Fsp3) is 0.391. The molecule has 0 bridgehead atoms. The number of ether oxygens (including phenoxy) is 1. The van der Waals surface area contributed by atoms with E-state index in [2.05, 4.69) is 17.0 Å². The Morgan fingerprint density at radius 2 is 1.67 bits per heavy atom. The Morgan fingerprint density at radius 1 is 1.00 bits per heavy atom. The van der Waals surface area contributed by atoms with Crippen LogP contribution >= 0.6 is 0 Å². The second-order valence-electron chi connectivity index (χ2n) is 7.61. The molecule has 4 nitrogen and oxygen atoms in total. The van der Waals surface area contributed by atoms with Crippen LogP contribution < -0.4 is 0 Å². The number of hydrogen-bond acceptors (Lipinski definition) is 4. The van der Waals surface area contributed by atoms with Gasteiger partial charge in [-0.1, -0.05) is 60.7 Å². The minimum Gasteiger partial charge on any atom is -0.460 e. The highest BCUT2D eigenvalue weighted by Crippen LogP contribution is 2.40. The van der Waals surface area contributed by atoms with Crippen molar-refractivity contribution in [2.75, 3.05) is 0 Å². The lowest BCUT2D eigenvalue weighted by Gasteiger charge is -2.32. The first kappa shape index (κ1) is 17.9. The van der Waals surface area contributed by atoms with Crippen LogP contribution in [0.15, 0.2) is 60.7 Å². The van der Waals surface area contributed by atoms with E-state index in [9.17, 15) is 9.59 Å². The summed E-state index contributed by atoms with van der Waals surface area (Å²) in [6.07, 6.45) is 2.88. The standard InChI is InChI=1S/C23H25NO3/c25-20-12-11-19-13-22(23(26)27-16-18-9-5-2-6-10-18)24(21(19)14-20)15-17-7-3-1-4-8-17/h1-10,19,21-22H,11-16H2/t19?,21-,22?/m0/s1. The van der Waals surface area contributed by atoms with E-state index in [-0.39, 0.29) is 18.1 Å². The van der Waals surface area contributed by atoms with Crippen molar-refractivity contribution in [3.8, 4) is 0 Å². The largest absolute Gasteiger partial charge is 0.460 e. The first-order valence-electron chi connectivity index (χ1n) is 9.72. The van der Waals surface area contributed by atoms with Crippen molar-refractivity contribution in [1.29, 1.82) is 0 Å². The predicted molar refractivity (Wildman–Crippen MR) is 103 cm³/mol. The number of rotatable bonds is 5. The summed E-state index contributed by atoms with van der Waals surface area (Å²) in [6.45, 7) is 0.976. The number of esters is 1. The van der Waals surface area contributed by atoms with Crippen LogP contribution in [0.1, 0.15) is 36.8 Å². The smallest absolute Gasteiger partial charge is 0.323 e. The highest BCUT2D eigenvalue weighted by Gasteiger charge is 2.47. The van der Waals surface area contributed by atoms with Crippen LogP contribution in [0.25, 0.3) is 0 Å². The third kappa shape index (κ3) is 4.11. The van der Waals surface area contributed by atoms with Crippen molar-refractivity contribution in [3.05, 3.63) is 71.8 Å². The third-order valence-electron chi connectivity index (χ3n) is 5.83. The highest BCUT2D eigenvalue weighted by atomic mass is 16.5. The maximum Gasteiger partial charge on any atom is 0.323 e. The highest BCUT2D eigenvalue weighted by molar-refractivity contribution is 5.81. The number of carbonyl (C=O) groups excluding carboxylic acids is 2. The number of carbonyl (C=O) groups is 2. The Kier molecular flexibility index (Phi) is 5.35. The second kappa shape index (κ2) is 8.05. The monoisotopic (exact) mass is 363 g/mol. The van der Waals surface area contributed by atoms with Gasteiger partial charge in [0.15, 0.2) is 0 Å². The van der Waals surface area contributed by atoms with Crippen LogP contribution in [0.4, 0.5) is 0 Å². The molecule has 3 atom stereocenters. The summed E-state index contributed by atoms with van der Waals surface area (Å²) < 4.78 is 5.65. The molecule has 0 N–H and O–H groups in total. The van der Waals surface area contributed by atoms with Gasteiger partial charge in [-0.15, -0.1) is 0 Å². The summed E-state index contributed by atoms with van der Waals surface area (Å²) >= 11 is 0. The molecule has 27 heavy (non-hydrogen) atoms. The molecular formula is C23H25NO3. The topological polar surface area (TPSA) is 46.6 Å². The number of nitrogens with zero attached hydrogens (tertiary/aromatic N) is 1. The number of Topliss-reactive ketones (excluding diaryl/α,β-unsaturated/α-hetero) is 1. The van der Waals surface area contributed by atoms with Crippen molar-refractivity contribution in [3.63, 3.8) is 0 Å².